The van der Waals surface area contributed by atoms with Gasteiger partial charge in [-0.05, 0) is 71.6 Å². The maximum Gasteiger partial charge on any atom is 0.159 e. The third-order valence-electron chi connectivity index (χ3n) is 4.92. The summed E-state index contributed by atoms with van der Waals surface area (Å²) in [6.45, 7) is 2.73. The molecule has 0 aliphatic rings. The summed E-state index contributed by atoms with van der Waals surface area (Å²) in [4.78, 5) is 13.7. The molecule has 0 aliphatic carbocycles. The van der Waals surface area contributed by atoms with Crippen LogP contribution in [0.4, 0.5) is 0 Å². The molecule has 0 unspecified atom stereocenters. The second-order valence-corrected chi connectivity index (χ2v) is 7.95. The molecule has 0 amide bonds. The molecule has 0 fully saturated rings. The zero-order valence-corrected chi connectivity index (χ0v) is 17.9. The number of aromatic nitrogens is 3. The molecule has 152 valence electrons. The molecule has 3 heterocycles. The Morgan fingerprint density at radius 2 is 1.73 bits per heavy atom. The van der Waals surface area contributed by atoms with Gasteiger partial charge in [-0.3, -0.25) is 4.98 Å². The molecule has 30 heavy (non-hydrogen) atoms. The molecule has 0 radical (unpaired) electrons. The number of aryl methyl sites for hydroxylation is 1. The maximum absolute atomic E-state index is 5.21. The number of thiophene rings is 1. The van der Waals surface area contributed by atoms with E-state index >= 15 is 0 Å². The van der Waals surface area contributed by atoms with Gasteiger partial charge in [-0.25, -0.2) is 9.97 Å². The van der Waals surface area contributed by atoms with Gasteiger partial charge in [0.25, 0.3) is 0 Å². The van der Waals surface area contributed by atoms with E-state index in [4.69, 9.17) is 4.74 Å². The summed E-state index contributed by atoms with van der Waals surface area (Å²) in [5.41, 5.74) is 5.52. The number of benzene rings is 1. The third kappa shape index (κ3) is 5.09. The Morgan fingerprint density at radius 3 is 2.37 bits per heavy atom. The van der Waals surface area contributed by atoms with E-state index in [0.717, 1.165) is 34.6 Å². The van der Waals surface area contributed by atoms with Crippen molar-refractivity contribution in [3.63, 3.8) is 0 Å². The molecule has 0 saturated carbocycles. The lowest BCUT2D eigenvalue weighted by Crippen LogP contribution is -2.24. The van der Waals surface area contributed by atoms with Crippen LogP contribution in [-0.4, -0.2) is 22.1 Å². The van der Waals surface area contributed by atoms with Crippen LogP contribution in [0.5, 0.6) is 5.75 Å². The third-order valence-corrected chi connectivity index (χ3v) is 5.65. The van der Waals surface area contributed by atoms with Gasteiger partial charge in [0.2, 0.25) is 0 Å². The molecular weight excluding hydrogens is 392 g/mol. The van der Waals surface area contributed by atoms with Crippen molar-refractivity contribution in [2.45, 2.75) is 25.9 Å². The topological polar surface area (TPSA) is 59.9 Å². The first kappa shape index (κ1) is 20.2. The Labute approximate surface area is 180 Å². The van der Waals surface area contributed by atoms with Gasteiger partial charge in [0.05, 0.1) is 18.8 Å². The zero-order valence-electron chi connectivity index (χ0n) is 17.1. The largest absolute Gasteiger partial charge is 0.497 e. The zero-order chi connectivity index (χ0) is 20.8. The van der Waals surface area contributed by atoms with Gasteiger partial charge in [-0.15, -0.1) is 0 Å². The summed E-state index contributed by atoms with van der Waals surface area (Å²) >= 11 is 1.72. The van der Waals surface area contributed by atoms with Gasteiger partial charge in [0.15, 0.2) is 5.82 Å². The van der Waals surface area contributed by atoms with Crippen molar-refractivity contribution in [3.05, 3.63) is 94.2 Å². The highest BCUT2D eigenvalue weighted by atomic mass is 32.1. The first-order chi connectivity index (χ1) is 14.7. The Bertz CT molecular complexity index is 1050. The molecular formula is C24H24N4OS. The number of nitrogens with zero attached hydrogens (tertiary/aromatic N) is 3. The Morgan fingerprint density at radius 1 is 0.933 bits per heavy atom. The molecule has 0 bridgehead atoms. The number of ether oxygens (including phenoxy) is 1. The lowest BCUT2D eigenvalue weighted by atomic mass is 10.0. The Kier molecular flexibility index (Phi) is 6.47. The predicted octanol–water partition coefficient (Wildman–Crippen LogP) is 4.99. The number of hydrogen-bond acceptors (Lipinski definition) is 6. The molecule has 0 saturated heterocycles. The van der Waals surface area contributed by atoms with Crippen LogP contribution in [0.3, 0.4) is 0 Å². The SMILES string of the molecule is COc1ccc(-c2ncc(CN[C@@H](Cc3ccsc3)c3ccc(C)cn3)cn2)cc1. The maximum atomic E-state index is 5.21. The molecule has 4 rings (SSSR count). The van der Waals surface area contributed by atoms with Crippen LogP contribution < -0.4 is 10.1 Å². The lowest BCUT2D eigenvalue weighted by molar-refractivity contribution is 0.415. The molecule has 4 aromatic rings. The minimum absolute atomic E-state index is 0.126. The van der Waals surface area contributed by atoms with E-state index in [-0.39, 0.29) is 6.04 Å². The van der Waals surface area contributed by atoms with Gasteiger partial charge in [0, 0.05) is 36.3 Å². The fraction of sp³-hybridized carbons (Fsp3) is 0.208. The average molecular weight is 417 g/mol. The van der Waals surface area contributed by atoms with Crippen molar-refractivity contribution in [2.75, 3.05) is 7.11 Å². The standard InChI is InChI=1S/C24H24N4OS/c1-17-3-8-22(25-12-17)23(11-18-9-10-30-16-18)26-13-19-14-27-24(28-15-19)20-4-6-21(29-2)7-5-20/h3-10,12,14-16,23,26H,11,13H2,1-2H3/t23-/m0/s1. The fourth-order valence-corrected chi connectivity index (χ4v) is 3.87. The van der Waals surface area contributed by atoms with Crippen LogP contribution >= 0.6 is 11.3 Å². The second-order valence-electron chi connectivity index (χ2n) is 7.17. The van der Waals surface area contributed by atoms with Gasteiger partial charge in [0.1, 0.15) is 5.75 Å². The lowest BCUT2D eigenvalue weighted by Gasteiger charge is -2.18. The fourth-order valence-electron chi connectivity index (χ4n) is 3.19. The smallest absolute Gasteiger partial charge is 0.159 e. The number of methoxy groups -OCH3 is 1. The summed E-state index contributed by atoms with van der Waals surface area (Å²) in [6, 6.07) is 14.3. The number of hydrogen-bond donors (Lipinski definition) is 1. The summed E-state index contributed by atoms with van der Waals surface area (Å²) in [5.74, 6) is 1.53. The van der Waals surface area contributed by atoms with Gasteiger partial charge in [-0.2, -0.15) is 11.3 Å². The number of pyridine rings is 1. The first-order valence-corrected chi connectivity index (χ1v) is 10.8. The van der Waals surface area contributed by atoms with Crippen molar-refractivity contribution < 1.29 is 4.74 Å². The van der Waals surface area contributed by atoms with Crippen molar-refractivity contribution in [2.24, 2.45) is 0 Å². The van der Waals surface area contributed by atoms with Crippen LogP contribution in [-0.2, 0) is 13.0 Å². The highest BCUT2D eigenvalue weighted by Gasteiger charge is 2.14. The Balaban J connectivity index is 1.45. The van der Waals surface area contributed by atoms with Crippen molar-refractivity contribution in [1.29, 1.82) is 0 Å². The van der Waals surface area contributed by atoms with Crippen molar-refractivity contribution >= 4 is 11.3 Å². The monoisotopic (exact) mass is 416 g/mol. The molecule has 1 atom stereocenters. The second kappa shape index (κ2) is 9.61. The van der Waals surface area contributed by atoms with Gasteiger partial charge < -0.3 is 10.1 Å². The average Bonchev–Trinajstić information content (AvgIpc) is 3.31. The van der Waals surface area contributed by atoms with E-state index in [1.807, 2.05) is 42.9 Å². The van der Waals surface area contributed by atoms with Crippen LogP contribution in [0.15, 0.2) is 71.8 Å². The molecule has 3 aromatic heterocycles. The molecule has 5 nitrogen and oxygen atoms in total. The van der Waals surface area contributed by atoms with E-state index < -0.39 is 0 Å². The minimum Gasteiger partial charge on any atom is -0.497 e. The quantitative estimate of drug-likeness (QED) is 0.438. The molecule has 1 aromatic carbocycles. The number of nitrogens with one attached hydrogen (secondary N) is 1. The molecule has 6 heteroatoms. The molecule has 1 N–H and O–H groups in total. The van der Waals surface area contributed by atoms with Gasteiger partial charge >= 0.3 is 0 Å². The van der Waals surface area contributed by atoms with E-state index in [1.54, 1.807) is 18.4 Å². The minimum atomic E-state index is 0.126. The normalized spacial score (nSPS) is 11.9. The molecule has 0 aliphatic heterocycles. The molecule has 0 spiro atoms. The highest BCUT2D eigenvalue weighted by molar-refractivity contribution is 7.07. The predicted molar refractivity (Wildman–Crippen MR) is 121 cm³/mol. The van der Waals surface area contributed by atoms with Crippen LogP contribution in [0.2, 0.25) is 0 Å². The van der Waals surface area contributed by atoms with E-state index in [9.17, 15) is 0 Å². The summed E-state index contributed by atoms with van der Waals surface area (Å²) in [5, 5.41) is 7.93. The van der Waals surface area contributed by atoms with Crippen LogP contribution in [0.1, 0.15) is 28.4 Å². The van der Waals surface area contributed by atoms with Crippen molar-refractivity contribution in [3.8, 4) is 17.1 Å². The Hall–Kier alpha value is -3.09. The van der Waals surface area contributed by atoms with E-state index in [2.05, 4.69) is 56.2 Å². The summed E-state index contributed by atoms with van der Waals surface area (Å²) in [6.07, 6.45) is 6.57. The van der Waals surface area contributed by atoms with E-state index in [0.29, 0.717) is 12.4 Å². The summed E-state index contributed by atoms with van der Waals surface area (Å²) in [7, 11) is 1.66. The van der Waals surface area contributed by atoms with E-state index in [1.165, 1.54) is 5.56 Å². The highest BCUT2D eigenvalue weighted by Crippen LogP contribution is 2.21. The first-order valence-electron chi connectivity index (χ1n) is 9.83. The van der Waals surface area contributed by atoms with Crippen LogP contribution in [0.25, 0.3) is 11.4 Å². The summed E-state index contributed by atoms with van der Waals surface area (Å²) < 4.78 is 5.21. The van der Waals surface area contributed by atoms with Gasteiger partial charge in [-0.1, -0.05) is 6.07 Å². The van der Waals surface area contributed by atoms with Crippen LogP contribution in [0, 0.1) is 6.92 Å². The number of rotatable bonds is 8. The van der Waals surface area contributed by atoms with Crippen molar-refractivity contribution in [1.82, 2.24) is 20.3 Å².